The minimum absolute atomic E-state index is 0.0102. The summed E-state index contributed by atoms with van der Waals surface area (Å²) in [4.78, 5) is 51.6. The van der Waals surface area contributed by atoms with Crippen molar-refractivity contribution in [3.8, 4) is 11.1 Å². The Balaban J connectivity index is 1.13. The van der Waals surface area contributed by atoms with Gasteiger partial charge in [0.05, 0.1) is 5.52 Å². The summed E-state index contributed by atoms with van der Waals surface area (Å²) in [6.07, 6.45) is 7.38. The number of rotatable bonds is 11. The molecular weight excluding hydrogens is 612 g/mol. The first kappa shape index (κ1) is 32.4. The van der Waals surface area contributed by atoms with Gasteiger partial charge >= 0.3 is 0 Å². The van der Waals surface area contributed by atoms with E-state index >= 15 is 0 Å². The van der Waals surface area contributed by atoms with E-state index in [2.05, 4.69) is 51.6 Å². The average molecular weight is 655 g/mol. The van der Waals surface area contributed by atoms with E-state index < -0.39 is 6.04 Å². The maximum atomic E-state index is 14.2. The van der Waals surface area contributed by atoms with Gasteiger partial charge in [0, 0.05) is 42.4 Å². The van der Waals surface area contributed by atoms with E-state index in [1.165, 1.54) is 12.5 Å². The van der Waals surface area contributed by atoms with Crippen molar-refractivity contribution in [1.29, 1.82) is 0 Å². The Morgan fingerprint density at radius 2 is 1.59 bits per heavy atom. The fourth-order valence-corrected chi connectivity index (χ4v) is 7.59. The SMILES string of the molecule is CC(=O)c1nn(CC(=O)N2[C@H](C(=O)N[C@@H](CCc3ccccc3)Cc3ccccc3)C[C@@]3(C)C[C@@H]23)c2c(C)cc(-c3cnc(C)nc3)cc12. The molecule has 5 aromatic rings. The Morgan fingerprint density at radius 1 is 0.918 bits per heavy atom. The van der Waals surface area contributed by atoms with Gasteiger partial charge in [-0.25, -0.2) is 9.97 Å². The molecule has 1 saturated carbocycles. The number of amides is 2. The molecule has 2 amide bonds. The highest BCUT2D eigenvalue weighted by molar-refractivity contribution is 6.07. The Kier molecular flexibility index (Phi) is 8.61. The van der Waals surface area contributed by atoms with Gasteiger partial charge in [-0.2, -0.15) is 5.10 Å². The molecule has 9 nitrogen and oxygen atoms in total. The molecule has 9 heteroatoms. The van der Waals surface area contributed by atoms with Gasteiger partial charge in [-0.1, -0.05) is 67.6 Å². The summed E-state index contributed by atoms with van der Waals surface area (Å²) in [6, 6.07) is 23.8. The first-order chi connectivity index (χ1) is 23.6. The number of hydrogen-bond donors (Lipinski definition) is 1. The molecule has 0 spiro atoms. The first-order valence-electron chi connectivity index (χ1n) is 17.1. The van der Waals surface area contributed by atoms with Crippen LogP contribution in [0, 0.1) is 19.3 Å². The topological polar surface area (TPSA) is 110 Å². The van der Waals surface area contributed by atoms with Crippen molar-refractivity contribution in [2.75, 3.05) is 0 Å². The van der Waals surface area contributed by atoms with Crippen LogP contribution in [0.25, 0.3) is 22.0 Å². The van der Waals surface area contributed by atoms with Gasteiger partial charge in [0.25, 0.3) is 0 Å². The van der Waals surface area contributed by atoms with Gasteiger partial charge in [-0.05, 0) is 85.8 Å². The van der Waals surface area contributed by atoms with Crippen LogP contribution in [-0.4, -0.2) is 60.4 Å². The third-order valence-corrected chi connectivity index (χ3v) is 10.3. The number of Topliss-reactive ketones (excluding diaryl/α,β-unsaturated/α-hetero) is 1. The quantitative estimate of drug-likeness (QED) is 0.174. The Morgan fingerprint density at radius 3 is 2.27 bits per heavy atom. The number of piperidine rings is 1. The van der Waals surface area contributed by atoms with E-state index in [1.54, 1.807) is 22.0 Å². The number of aryl methyl sites for hydroxylation is 3. The largest absolute Gasteiger partial charge is 0.351 e. The normalized spacial score (nSPS) is 20.2. The van der Waals surface area contributed by atoms with Crippen LogP contribution in [0.1, 0.15) is 66.1 Å². The monoisotopic (exact) mass is 654 g/mol. The summed E-state index contributed by atoms with van der Waals surface area (Å²) in [7, 11) is 0. The highest BCUT2D eigenvalue weighted by Crippen LogP contribution is 2.59. The van der Waals surface area contributed by atoms with E-state index in [4.69, 9.17) is 0 Å². The van der Waals surface area contributed by atoms with E-state index in [9.17, 15) is 14.4 Å². The van der Waals surface area contributed by atoms with Crippen molar-refractivity contribution in [2.45, 2.75) is 84.5 Å². The highest BCUT2D eigenvalue weighted by atomic mass is 16.2. The second-order valence-electron chi connectivity index (χ2n) is 14.1. The highest BCUT2D eigenvalue weighted by Gasteiger charge is 2.64. The van der Waals surface area contributed by atoms with E-state index in [0.29, 0.717) is 29.7 Å². The van der Waals surface area contributed by atoms with Crippen LogP contribution in [0.2, 0.25) is 0 Å². The fourth-order valence-electron chi connectivity index (χ4n) is 7.59. The Hall–Kier alpha value is -5.18. The van der Waals surface area contributed by atoms with Gasteiger partial charge in [0.1, 0.15) is 24.1 Å². The van der Waals surface area contributed by atoms with E-state index in [-0.39, 0.29) is 41.6 Å². The predicted molar refractivity (Wildman–Crippen MR) is 189 cm³/mol. The van der Waals surface area contributed by atoms with E-state index in [1.807, 2.05) is 62.4 Å². The lowest BCUT2D eigenvalue weighted by atomic mass is 9.97. The van der Waals surface area contributed by atoms with Crippen molar-refractivity contribution in [3.05, 3.63) is 113 Å². The summed E-state index contributed by atoms with van der Waals surface area (Å²) < 4.78 is 1.64. The zero-order chi connectivity index (χ0) is 34.3. The number of ketones is 1. The summed E-state index contributed by atoms with van der Waals surface area (Å²) in [5.41, 5.74) is 5.96. The van der Waals surface area contributed by atoms with Gasteiger partial charge in [-0.3, -0.25) is 19.1 Å². The van der Waals surface area contributed by atoms with Crippen molar-refractivity contribution in [3.63, 3.8) is 0 Å². The lowest BCUT2D eigenvalue weighted by Gasteiger charge is -2.29. The predicted octanol–water partition coefficient (Wildman–Crippen LogP) is 6.05. The van der Waals surface area contributed by atoms with Crippen molar-refractivity contribution >= 4 is 28.5 Å². The molecule has 250 valence electrons. The van der Waals surface area contributed by atoms with Crippen molar-refractivity contribution in [1.82, 2.24) is 30.0 Å². The Labute approximate surface area is 286 Å². The maximum absolute atomic E-state index is 14.2. The average Bonchev–Trinajstić information content (AvgIpc) is 3.44. The summed E-state index contributed by atoms with van der Waals surface area (Å²) >= 11 is 0. The first-order valence-corrected chi connectivity index (χ1v) is 17.1. The molecule has 49 heavy (non-hydrogen) atoms. The number of benzene rings is 3. The van der Waals surface area contributed by atoms with Crippen LogP contribution >= 0.6 is 0 Å². The van der Waals surface area contributed by atoms with Crippen molar-refractivity contribution < 1.29 is 14.4 Å². The molecule has 1 aliphatic carbocycles. The van der Waals surface area contributed by atoms with Gasteiger partial charge in [0.2, 0.25) is 11.8 Å². The number of nitrogens with one attached hydrogen (secondary N) is 1. The lowest BCUT2D eigenvalue weighted by molar-refractivity contribution is -0.140. The summed E-state index contributed by atoms with van der Waals surface area (Å²) in [6.45, 7) is 7.39. The molecule has 3 aromatic carbocycles. The second-order valence-corrected chi connectivity index (χ2v) is 14.1. The molecule has 0 bridgehead atoms. The lowest BCUT2D eigenvalue weighted by Crippen LogP contribution is -2.51. The summed E-state index contributed by atoms with van der Waals surface area (Å²) in [5.74, 6) is 0.231. The second kappa shape index (κ2) is 13.0. The number of aromatic nitrogens is 4. The zero-order valence-electron chi connectivity index (χ0n) is 28.5. The molecule has 0 unspecified atom stereocenters. The van der Waals surface area contributed by atoms with Crippen molar-refractivity contribution in [2.24, 2.45) is 5.41 Å². The smallest absolute Gasteiger partial charge is 0.245 e. The third-order valence-electron chi connectivity index (χ3n) is 10.3. The minimum atomic E-state index is -0.561. The summed E-state index contributed by atoms with van der Waals surface area (Å²) in [5, 5.41) is 8.71. The van der Waals surface area contributed by atoms with Crippen LogP contribution < -0.4 is 5.32 Å². The van der Waals surface area contributed by atoms with Crippen LogP contribution in [-0.2, 0) is 29.0 Å². The van der Waals surface area contributed by atoms with Crippen LogP contribution in [0.5, 0.6) is 0 Å². The molecule has 0 radical (unpaired) electrons. The van der Waals surface area contributed by atoms with E-state index in [0.717, 1.165) is 47.0 Å². The number of nitrogens with zero attached hydrogens (tertiary/aromatic N) is 5. The molecule has 7 rings (SSSR count). The number of carbonyl (C=O) groups is 3. The van der Waals surface area contributed by atoms with Gasteiger partial charge in [0.15, 0.2) is 5.78 Å². The van der Waals surface area contributed by atoms with Gasteiger partial charge < -0.3 is 10.2 Å². The molecular formula is C40H42N6O3. The van der Waals surface area contributed by atoms with Crippen LogP contribution in [0.4, 0.5) is 0 Å². The molecule has 1 saturated heterocycles. The Bertz CT molecular complexity index is 2020. The minimum Gasteiger partial charge on any atom is -0.351 e. The van der Waals surface area contributed by atoms with Crippen LogP contribution in [0.15, 0.2) is 85.2 Å². The zero-order valence-corrected chi connectivity index (χ0v) is 28.5. The third kappa shape index (κ3) is 6.62. The van der Waals surface area contributed by atoms with Crippen LogP contribution in [0.3, 0.4) is 0 Å². The fraction of sp³-hybridized carbons (Fsp3) is 0.350. The molecule has 1 N–H and O–H groups in total. The molecule has 2 aliphatic rings. The molecule has 2 fully saturated rings. The number of carbonyl (C=O) groups excluding carboxylic acids is 3. The molecule has 4 atom stereocenters. The molecule has 1 aliphatic heterocycles. The molecule has 3 heterocycles. The number of hydrogen-bond acceptors (Lipinski definition) is 6. The standard InChI is InChI=1S/C40H42N6O3/c1-25-17-30(31-22-41-27(3)42-23-31)19-33-37(26(2)47)44-45(38(25)33)24-36(48)46-34(20-40(4)21-35(40)46)39(49)43-32(18-29-13-9-6-10-14-29)16-15-28-11-7-5-8-12-28/h5-14,17,19,22-23,32,34-35H,15-16,18,20-21,24H2,1-4H3,(H,43,49)/t32-,34-,35+,40-/m0/s1. The number of fused-ring (bicyclic) bond motifs is 2. The molecule has 2 aromatic heterocycles. The number of likely N-dealkylation sites (tertiary alicyclic amines) is 1. The van der Waals surface area contributed by atoms with Gasteiger partial charge in [-0.15, -0.1) is 0 Å². The maximum Gasteiger partial charge on any atom is 0.245 e.